The summed E-state index contributed by atoms with van der Waals surface area (Å²) in [6.07, 6.45) is 3.73. The molecule has 2 rings (SSSR count). The Morgan fingerprint density at radius 1 is 1.20 bits per heavy atom. The van der Waals surface area contributed by atoms with E-state index in [2.05, 4.69) is 9.97 Å². The molecule has 0 fully saturated rings. The van der Waals surface area contributed by atoms with Gasteiger partial charge in [0.2, 0.25) is 0 Å². The second kappa shape index (κ2) is 3.96. The van der Waals surface area contributed by atoms with Crippen LogP contribution in [0.1, 0.15) is 10.4 Å². The first-order chi connectivity index (χ1) is 7.31. The number of nitrogens with zero attached hydrogens (tertiary/aromatic N) is 2. The predicted octanol–water partition coefficient (Wildman–Crippen LogP) is 2.10. The number of hydrogen-bond acceptors (Lipinski definition) is 3. The van der Waals surface area contributed by atoms with Crippen molar-refractivity contribution in [2.75, 3.05) is 0 Å². The standard InChI is InChI=1S/C11H7FN2O/c12-9-2-3-10(8(6-9)7-15)11-13-4-1-5-14-11/h1-7H. The van der Waals surface area contributed by atoms with Crippen LogP contribution in [0.5, 0.6) is 0 Å². The molecule has 1 aromatic heterocycles. The second-order valence-corrected chi connectivity index (χ2v) is 2.92. The van der Waals surface area contributed by atoms with Crippen LogP contribution in [0.2, 0.25) is 0 Å². The Kier molecular flexibility index (Phi) is 2.49. The summed E-state index contributed by atoms with van der Waals surface area (Å²) in [5.74, 6) is -0.0311. The lowest BCUT2D eigenvalue weighted by Crippen LogP contribution is -1.93. The number of benzene rings is 1. The number of carbonyl (C=O) groups excluding carboxylic acids is 1. The molecule has 74 valence electrons. The van der Waals surface area contributed by atoms with Crippen LogP contribution in [0.25, 0.3) is 11.4 Å². The SMILES string of the molecule is O=Cc1cc(F)ccc1-c1ncccn1. The highest BCUT2D eigenvalue weighted by Gasteiger charge is 2.07. The summed E-state index contributed by atoms with van der Waals surface area (Å²) in [5.41, 5.74) is 0.785. The minimum Gasteiger partial charge on any atom is -0.298 e. The van der Waals surface area contributed by atoms with Gasteiger partial charge in [-0.25, -0.2) is 14.4 Å². The molecule has 1 heterocycles. The molecule has 3 nitrogen and oxygen atoms in total. The van der Waals surface area contributed by atoms with E-state index in [4.69, 9.17) is 0 Å². The minimum atomic E-state index is -0.447. The Hall–Kier alpha value is -2.10. The van der Waals surface area contributed by atoms with Crippen molar-refractivity contribution in [2.45, 2.75) is 0 Å². The molecule has 0 aliphatic rings. The van der Waals surface area contributed by atoms with E-state index in [1.54, 1.807) is 18.5 Å². The molecule has 0 saturated heterocycles. The van der Waals surface area contributed by atoms with Crippen molar-refractivity contribution in [3.8, 4) is 11.4 Å². The summed E-state index contributed by atoms with van der Waals surface area (Å²) in [5, 5.41) is 0. The summed E-state index contributed by atoms with van der Waals surface area (Å²) >= 11 is 0. The van der Waals surface area contributed by atoms with Crippen molar-refractivity contribution < 1.29 is 9.18 Å². The molecule has 0 bridgehead atoms. The molecule has 0 amide bonds. The summed E-state index contributed by atoms with van der Waals surface area (Å²) in [6.45, 7) is 0. The van der Waals surface area contributed by atoms with E-state index in [0.717, 1.165) is 0 Å². The molecule has 0 N–H and O–H groups in total. The average Bonchev–Trinajstić information content (AvgIpc) is 2.30. The molecule has 0 unspecified atom stereocenters. The molecular formula is C11H7FN2O. The fourth-order valence-electron chi connectivity index (χ4n) is 1.27. The Balaban J connectivity index is 2.58. The fraction of sp³-hybridized carbons (Fsp3) is 0. The van der Waals surface area contributed by atoms with Gasteiger partial charge >= 0.3 is 0 Å². The lowest BCUT2D eigenvalue weighted by Gasteiger charge is -2.02. The first kappa shape index (κ1) is 9.45. The van der Waals surface area contributed by atoms with Crippen molar-refractivity contribution in [2.24, 2.45) is 0 Å². The van der Waals surface area contributed by atoms with Crippen LogP contribution in [-0.2, 0) is 0 Å². The van der Waals surface area contributed by atoms with Gasteiger partial charge in [0.25, 0.3) is 0 Å². The quantitative estimate of drug-likeness (QED) is 0.700. The monoisotopic (exact) mass is 202 g/mol. The zero-order valence-electron chi connectivity index (χ0n) is 7.72. The largest absolute Gasteiger partial charge is 0.298 e. The summed E-state index contributed by atoms with van der Waals surface area (Å²) < 4.78 is 12.9. The molecule has 0 spiro atoms. The molecule has 2 aromatic rings. The van der Waals surface area contributed by atoms with E-state index in [1.165, 1.54) is 18.2 Å². The zero-order valence-corrected chi connectivity index (χ0v) is 7.72. The molecule has 0 saturated carbocycles. The lowest BCUT2D eigenvalue weighted by molar-refractivity contribution is 0.112. The van der Waals surface area contributed by atoms with Crippen molar-refractivity contribution >= 4 is 6.29 Å². The van der Waals surface area contributed by atoms with Gasteiger partial charge in [-0.2, -0.15) is 0 Å². The highest BCUT2D eigenvalue weighted by atomic mass is 19.1. The second-order valence-electron chi connectivity index (χ2n) is 2.92. The lowest BCUT2D eigenvalue weighted by atomic mass is 10.1. The van der Waals surface area contributed by atoms with Crippen molar-refractivity contribution in [3.63, 3.8) is 0 Å². The third kappa shape index (κ3) is 1.88. The molecule has 0 radical (unpaired) electrons. The van der Waals surface area contributed by atoms with E-state index in [-0.39, 0.29) is 5.56 Å². The molecule has 0 atom stereocenters. The third-order valence-electron chi connectivity index (χ3n) is 1.95. The third-order valence-corrected chi connectivity index (χ3v) is 1.95. The number of hydrogen-bond donors (Lipinski definition) is 0. The maximum atomic E-state index is 12.9. The van der Waals surface area contributed by atoms with Crippen molar-refractivity contribution in [1.29, 1.82) is 0 Å². The van der Waals surface area contributed by atoms with E-state index in [0.29, 0.717) is 17.7 Å². The Morgan fingerprint density at radius 3 is 2.60 bits per heavy atom. The van der Waals surface area contributed by atoms with Crippen LogP contribution >= 0.6 is 0 Å². The summed E-state index contributed by atoms with van der Waals surface area (Å²) in [4.78, 5) is 18.7. The molecule has 15 heavy (non-hydrogen) atoms. The number of aldehydes is 1. The van der Waals surface area contributed by atoms with Gasteiger partial charge in [0.15, 0.2) is 12.1 Å². The average molecular weight is 202 g/mol. The number of halogens is 1. The van der Waals surface area contributed by atoms with Crippen LogP contribution in [0.15, 0.2) is 36.7 Å². The van der Waals surface area contributed by atoms with Gasteiger partial charge in [-0.3, -0.25) is 4.79 Å². The van der Waals surface area contributed by atoms with Crippen LogP contribution in [0, 0.1) is 5.82 Å². The van der Waals surface area contributed by atoms with Crippen molar-refractivity contribution in [3.05, 3.63) is 48.0 Å². The van der Waals surface area contributed by atoms with E-state index in [1.807, 2.05) is 0 Å². The zero-order chi connectivity index (χ0) is 10.7. The molecule has 0 aliphatic carbocycles. The van der Waals surface area contributed by atoms with Crippen molar-refractivity contribution in [1.82, 2.24) is 9.97 Å². The van der Waals surface area contributed by atoms with E-state index < -0.39 is 5.82 Å². The number of rotatable bonds is 2. The summed E-state index contributed by atoms with van der Waals surface area (Å²) in [6, 6.07) is 5.61. The fourth-order valence-corrected chi connectivity index (χ4v) is 1.27. The first-order valence-corrected chi connectivity index (χ1v) is 4.33. The van der Waals surface area contributed by atoms with Crippen LogP contribution in [0.3, 0.4) is 0 Å². The predicted molar refractivity (Wildman–Crippen MR) is 52.8 cm³/mol. The van der Waals surface area contributed by atoms with E-state index in [9.17, 15) is 9.18 Å². The van der Waals surface area contributed by atoms with E-state index >= 15 is 0 Å². The van der Waals surface area contributed by atoms with Gasteiger partial charge in [-0.1, -0.05) is 0 Å². The van der Waals surface area contributed by atoms with Crippen LogP contribution < -0.4 is 0 Å². The number of aromatic nitrogens is 2. The maximum Gasteiger partial charge on any atom is 0.159 e. The molecule has 4 heteroatoms. The van der Waals surface area contributed by atoms with Crippen LogP contribution in [-0.4, -0.2) is 16.3 Å². The Labute approximate surface area is 85.6 Å². The van der Waals surface area contributed by atoms with Crippen LogP contribution in [0.4, 0.5) is 4.39 Å². The molecule has 0 aliphatic heterocycles. The minimum absolute atomic E-state index is 0.251. The normalized spacial score (nSPS) is 9.93. The number of carbonyl (C=O) groups is 1. The van der Waals surface area contributed by atoms with Gasteiger partial charge in [0.1, 0.15) is 5.82 Å². The maximum absolute atomic E-state index is 12.9. The first-order valence-electron chi connectivity index (χ1n) is 4.33. The molecular weight excluding hydrogens is 195 g/mol. The topological polar surface area (TPSA) is 42.9 Å². The van der Waals surface area contributed by atoms with Gasteiger partial charge in [0, 0.05) is 23.5 Å². The summed E-state index contributed by atoms with van der Waals surface area (Å²) in [7, 11) is 0. The highest BCUT2D eigenvalue weighted by Crippen LogP contribution is 2.18. The van der Waals surface area contributed by atoms with Gasteiger partial charge < -0.3 is 0 Å². The smallest absolute Gasteiger partial charge is 0.159 e. The molecule has 1 aromatic carbocycles. The van der Waals surface area contributed by atoms with Gasteiger partial charge in [-0.05, 0) is 24.3 Å². The Morgan fingerprint density at radius 2 is 1.93 bits per heavy atom. The van der Waals surface area contributed by atoms with Gasteiger partial charge in [0.05, 0.1) is 0 Å². The Bertz CT molecular complexity index is 485. The van der Waals surface area contributed by atoms with Gasteiger partial charge in [-0.15, -0.1) is 0 Å². The highest BCUT2D eigenvalue weighted by molar-refractivity contribution is 5.85.